The number of rotatable bonds is 3. The van der Waals surface area contributed by atoms with Crippen LogP contribution in [0, 0.1) is 23.7 Å². The van der Waals surface area contributed by atoms with Crippen LogP contribution in [-0.2, 0) is 6.54 Å². The van der Waals surface area contributed by atoms with Gasteiger partial charge in [0.05, 0.1) is 0 Å². The first-order chi connectivity index (χ1) is 9.38. The van der Waals surface area contributed by atoms with Crippen LogP contribution in [0.1, 0.15) is 51.3 Å². The lowest BCUT2D eigenvalue weighted by Gasteiger charge is -2.39. The minimum absolute atomic E-state index is 0.278. The van der Waals surface area contributed by atoms with Gasteiger partial charge in [-0.25, -0.2) is 0 Å². The second-order valence-corrected chi connectivity index (χ2v) is 7.35. The van der Waals surface area contributed by atoms with Gasteiger partial charge in [0.1, 0.15) is 11.9 Å². The molecule has 3 rings (SSSR count). The molecule has 0 amide bonds. The fourth-order valence-electron chi connectivity index (χ4n) is 4.29. The summed E-state index contributed by atoms with van der Waals surface area (Å²) < 4.78 is 6.43. The van der Waals surface area contributed by atoms with E-state index < -0.39 is 0 Å². The minimum Gasteiger partial charge on any atom is -0.489 e. The molecule has 2 aliphatic carbocycles. The quantitative estimate of drug-likeness (QED) is 0.918. The summed E-state index contributed by atoms with van der Waals surface area (Å²) in [5.41, 5.74) is 8.48. The molecule has 3 unspecified atom stereocenters. The van der Waals surface area contributed by atoms with Gasteiger partial charge in [0.25, 0.3) is 0 Å². The molecule has 0 radical (unpaired) electrons. The Morgan fingerprint density at radius 1 is 1.40 bits per heavy atom. The van der Waals surface area contributed by atoms with Crippen LogP contribution in [0.5, 0.6) is 5.75 Å². The van der Waals surface area contributed by atoms with Crippen molar-refractivity contribution in [3.8, 4) is 5.75 Å². The fraction of sp³-hybridized carbons (Fsp3) is 0.706. The molecule has 0 saturated heterocycles. The number of ether oxygens (including phenoxy) is 1. The number of hydrogen-bond donors (Lipinski definition) is 1. The van der Waals surface area contributed by atoms with E-state index in [-0.39, 0.29) is 5.41 Å². The largest absolute Gasteiger partial charge is 0.489 e. The van der Waals surface area contributed by atoms with Crippen LogP contribution in [0.25, 0.3) is 0 Å². The summed E-state index contributed by atoms with van der Waals surface area (Å²) in [7, 11) is 0. The molecule has 110 valence electrons. The molecule has 2 N–H and O–H groups in total. The van der Waals surface area contributed by atoms with E-state index in [1.54, 1.807) is 0 Å². The van der Waals surface area contributed by atoms with Crippen molar-refractivity contribution in [3.05, 3.63) is 23.5 Å². The molecule has 1 aromatic heterocycles. The summed E-state index contributed by atoms with van der Waals surface area (Å²) in [6.45, 7) is 9.71. The van der Waals surface area contributed by atoms with Crippen molar-refractivity contribution in [1.29, 1.82) is 0 Å². The highest BCUT2D eigenvalue weighted by Gasteiger charge is 2.62. The van der Waals surface area contributed by atoms with Gasteiger partial charge in [-0.3, -0.25) is 4.98 Å². The summed E-state index contributed by atoms with van der Waals surface area (Å²) in [5, 5.41) is 0. The highest BCUT2D eigenvalue weighted by Crippen LogP contribution is 2.66. The predicted octanol–water partition coefficient (Wildman–Crippen LogP) is 3.44. The van der Waals surface area contributed by atoms with Gasteiger partial charge < -0.3 is 10.5 Å². The van der Waals surface area contributed by atoms with Crippen molar-refractivity contribution in [3.63, 3.8) is 0 Å². The number of aryl methyl sites for hydroxylation is 1. The Labute approximate surface area is 121 Å². The second-order valence-electron chi connectivity index (χ2n) is 7.35. The summed E-state index contributed by atoms with van der Waals surface area (Å²) in [5.74, 6) is 1.73. The van der Waals surface area contributed by atoms with E-state index in [0.29, 0.717) is 18.1 Å². The van der Waals surface area contributed by atoms with E-state index in [4.69, 9.17) is 10.5 Å². The zero-order valence-electron chi connectivity index (χ0n) is 13.1. The number of fused-ring (bicyclic) bond motifs is 2. The van der Waals surface area contributed by atoms with Gasteiger partial charge in [-0.2, -0.15) is 0 Å². The van der Waals surface area contributed by atoms with Gasteiger partial charge in [0.2, 0.25) is 0 Å². The lowest BCUT2D eigenvalue weighted by Crippen LogP contribution is -2.39. The molecule has 2 saturated carbocycles. The standard InChI is InChI=1S/C17H26N2O/c1-11-7-14(12(9-18)10-19-11)20-15-8-13-5-6-17(15,4)16(13,2)3/h7,10,13,15H,5-6,8-9,18H2,1-4H3. The molecule has 3 nitrogen and oxygen atoms in total. The third kappa shape index (κ3) is 1.79. The molecular formula is C17H26N2O. The van der Waals surface area contributed by atoms with Crippen molar-refractivity contribution >= 4 is 0 Å². The highest BCUT2D eigenvalue weighted by atomic mass is 16.5. The minimum atomic E-state index is 0.278. The zero-order chi connectivity index (χ0) is 14.5. The lowest BCUT2D eigenvalue weighted by molar-refractivity contribution is 0.0295. The maximum Gasteiger partial charge on any atom is 0.127 e. The molecular weight excluding hydrogens is 248 g/mol. The Balaban J connectivity index is 1.88. The molecule has 2 bridgehead atoms. The van der Waals surface area contributed by atoms with Gasteiger partial charge in [0.15, 0.2) is 0 Å². The summed E-state index contributed by atoms with van der Waals surface area (Å²) in [6, 6.07) is 2.03. The first-order valence-electron chi connectivity index (χ1n) is 7.71. The van der Waals surface area contributed by atoms with Gasteiger partial charge in [0, 0.05) is 35.5 Å². The van der Waals surface area contributed by atoms with E-state index in [2.05, 4.69) is 25.8 Å². The zero-order valence-corrected chi connectivity index (χ0v) is 13.1. The van der Waals surface area contributed by atoms with Crippen molar-refractivity contribution in [2.45, 2.75) is 59.6 Å². The first kappa shape index (κ1) is 13.9. The Morgan fingerprint density at radius 2 is 2.15 bits per heavy atom. The third-order valence-electron chi connectivity index (χ3n) is 6.28. The van der Waals surface area contributed by atoms with Crippen LogP contribution in [0.15, 0.2) is 12.3 Å². The summed E-state index contributed by atoms with van der Waals surface area (Å²) in [4.78, 5) is 4.32. The number of nitrogens with two attached hydrogens (primary N) is 1. The topological polar surface area (TPSA) is 48.1 Å². The maximum absolute atomic E-state index is 6.43. The number of nitrogens with zero attached hydrogens (tertiary/aromatic N) is 1. The van der Waals surface area contributed by atoms with E-state index in [9.17, 15) is 0 Å². The fourth-order valence-corrected chi connectivity index (χ4v) is 4.29. The van der Waals surface area contributed by atoms with Gasteiger partial charge in [-0.1, -0.05) is 20.8 Å². The smallest absolute Gasteiger partial charge is 0.127 e. The van der Waals surface area contributed by atoms with E-state index >= 15 is 0 Å². The Hall–Kier alpha value is -1.09. The van der Waals surface area contributed by atoms with Gasteiger partial charge >= 0.3 is 0 Å². The van der Waals surface area contributed by atoms with Gasteiger partial charge in [-0.15, -0.1) is 0 Å². The molecule has 0 aromatic carbocycles. The molecule has 2 fully saturated rings. The van der Waals surface area contributed by atoms with Crippen LogP contribution in [-0.4, -0.2) is 11.1 Å². The monoisotopic (exact) mass is 274 g/mol. The van der Waals surface area contributed by atoms with Crippen LogP contribution in [0.2, 0.25) is 0 Å². The van der Waals surface area contributed by atoms with Crippen LogP contribution >= 0.6 is 0 Å². The second kappa shape index (κ2) is 4.45. The lowest BCUT2D eigenvalue weighted by atomic mass is 9.70. The average Bonchev–Trinajstić information content (AvgIpc) is 2.72. The van der Waals surface area contributed by atoms with Crippen molar-refractivity contribution < 1.29 is 4.74 Å². The Kier molecular flexibility index (Phi) is 3.09. The van der Waals surface area contributed by atoms with Crippen molar-refractivity contribution in [1.82, 2.24) is 4.98 Å². The van der Waals surface area contributed by atoms with Crippen molar-refractivity contribution in [2.75, 3.05) is 0 Å². The molecule has 3 heteroatoms. The molecule has 2 aliphatic rings. The summed E-state index contributed by atoms with van der Waals surface area (Å²) in [6.07, 6.45) is 5.96. The molecule has 1 heterocycles. The van der Waals surface area contributed by atoms with Crippen LogP contribution in [0.3, 0.4) is 0 Å². The maximum atomic E-state index is 6.43. The van der Waals surface area contributed by atoms with Gasteiger partial charge in [-0.05, 0) is 37.5 Å². The molecule has 1 aromatic rings. The Bertz CT molecular complexity index is 526. The SMILES string of the molecule is Cc1cc(OC2CC3CCC2(C)C3(C)C)c(CN)cn1. The number of pyridine rings is 1. The van der Waals surface area contributed by atoms with Crippen LogP contribution < -0.4 is 10.5 Å². The normalized spacial score (nSPS) is 34.5. The predicted molar refractivity (Wildman–Crippen MR) is 80.5 cm³/mol. The van der Waals surface area contributed by atoms with Crippen LogP contribution in [0.4, 0.5) is 0 Å². The third-order valence-corrected chi connectivity index (χ3v) is 6.28. The van der Waals surface area contributed by atoms with Crippen molar-refractivity contribution in [2.24, 2.45) is 22.5 Å². The summed E-state index contributed by atoms with van der Waals surface area (Å²) >= 11 is 0. The van der Waals surface area contributed by atoms with E-state index in [0.717, 1.165) is 22.9 Å². The van der Waals surface area contributed by atoms with E-state index in [1.807, 2.05) is 19.2 Å². The average molecular weight is 274 g/mol. The highest BCUT2D eigenvalue weighted by molar-refractivity contribution is 5.33. The van der Waals surface area contributed by atoms with E-state index in [1.165, 1.54) is 19.3 Å². The molecule has 3 atom stereocenters. The molecule has 0 spiro atoms. The number of hydrogen-bond acceptors (Lipinski definition) is 3. The molecule has 20 heavy (non-hydrogen) atoms. The molecule has 0 aliphatic heterocycles. The Morgan fingerprint density at radius 3 is 2.70 bits per heavy atom. The number of aromatic nitrogens is 1. The first-order valence-corrected chi connectivity index (χ1v) is 7.71.